The molecule has 0 heterocycles. The van der Waals surface area contributed by atoms with Crippen molar-refractivity contribution in [1.82, 2.24) is 5.32 Å². The molecule has 0 aromatic rings. The Morgan fingerprint density at radius 2 is 1.53 bits per heavy atom. The molecule has 94 valence electrons. The number of hydrogen-bond donors (Lipinski definition) is 1. The second-order valence-corrected chi connectivity index (χ2v) is 7.35. The SMILES string of the molecule is O=C(NCC1CC1)C12CC3CC(CC(C3)C1)C2. The lowest BCUT2D eigenvalue weighted by Gasteiger charge is -2.55. The maximum absolute atomic E-state index is 12.5. The zero-order chi connectivity index (χ0) is 11.5. The number of hydrogen-bond acceptors (Lipinski definition) is 1. The molecule has 5 saturated carbocycles. The lowest BCUT2D eigenvalue weighted by molar-refractivity contribution is -0.146. The second kappa shape index (κ2) is 3.49. The third kappa shape index (κ3) is 1.71. The Kier molecular flexibility index (Phi) is 2.13. The molecule has 0 unspecified atom stereocenters. The average molecular weight is 233 g/mol. The average Bonchev–Trinajstić information content (AvgIpc) is 3.07. The lowest BCUT2D eigenvalue weighted by atomic mass is 9.49. The fraction of sp³-hybridized carbons (Fsp3) is 0.933. The van der Waals surface area contributed by atoms with Crippen molar-refractivity contribution in [1.29, 1.82) is 0 Å². The minimum Gasteiger partial charge on any atom is -0.355 e. The van der Waals surface area contributed by atoms with Crippen molar-refractivity contribution in [3.05, 3.63) is 0 Å². The van der Waals surface area contributed by atoms with E-state index in [1.54, 1.807) is 0 Å². The Balaban J connectivity index is 1.49. The van der Waals surface area contributed by atoms with Crippen LogP contribution < -0.4 is 5.32 Å². The molecular weight excluding hydrogens is 210 g/mol. The molecule has 5 fully saturated rings. The highest BCUT2D eigenvalue weighted by atomic mass is 16.2. The van der Waals surface area contributed by atoms with Crippen LogP contribution in [0.2, 0.25) is 0 Å². The van der Waals surface area contributed by atoms with E-state index in [9.17, 15) is 4.79 Å². The standard InChI is InChI=1S/C15H23NO/c17-14(16-9-10-1-2-10)15-6-11-3-12(7-15)5-13(4-11)8-15/h10-13H,1-9H2,(H,16,17). The maximum atomic E-state index is 12.5. The van der Waals surface area contributed by atoms with Crippen molar-refractivity contribution in [3.8, 4) is 0 Å². The Hall–Kier alpha value is -0.530. The van der Waals surface area contributed by atoms with E-state index < -0.39 is 0 Å². The number of amides is 1. The van der Waals surface area contributed by atoms with Crippen LogP contribution in [0.25, 0.3) is 0 Å². The molecule has 0 radical (unpaired) electrons. The lowest BCUT2D eigenvalue weighted by Crippen LogP contribution is -2.53. The Morgan fingerprint density at radius 3 is 2.00 bits per heavy atom. The van der Waals surface area contributed by atoms with Gasteiger partial charge in [-0.25, -0.2) is 0 Å². The third-order valence-corrected chi connectivity index (χ3v) is 5.77. The first-order valence-corrected chi connectivity index (χ1v) is 7.52. The first-order valence-electron chi connectivity index (χ1n) is 7.52. The fourth-order valence-electron chi connectivity index (χ4n) is 5.14. The van der Waals surface area contributed by atoms with Gasteiger partial charge in [0.25, 0.3) is 0 Å². The van der Waals surface area contributed by atoms with Gasteiger partial charge in [-0.15, -0.1) is 0 Å². The molecule has 5 aliphatic carbocycles. The summed E-state index contributed by atoms with van der Waals surface area (Å²) in [4.78, 5) is 12.5. The molecule has 4 bridgehead atoms. The number of rotatable bonds is 3. The van der Waals surface area contributed by atoms with E-state index in [1.807, 2.05) is 0 Å². The summed E-state index contributed by atoms with van der Waals surface area (Å²) in [6.45, 7) is 0.959. The number of nitrogens with one attached hydrogen (secondary N) is 1. The summed E-state index contributed by atoms with van der Waals surface area (Å²) in [7, 11) is 0. The van der Waals surface area contributed by atoms with E-state index in [2.05, 4.69) is 5.32 Å². The van der Waals surface area contributed by atoms with Gasteiger partial charge in [-0.3, -0.25) is 4.79 Å². The summed E-state index contributed by atoms with van der Waals surface area (Å²) in [5, 5.41) is 3.26. The molecular formula is C15H23NO. The first kappa shape index (κ1) is 10.4. The summed E-state index contributed by atoms with van der Waals surface area (Å²) in [6, 6.07) is 0. The van der Waals surface area contributed by atoms with Crippen LogP contribution in [0.3, 0.4) is 0 Å². The molecule has 0 aliphatic heterocycles. The third-order valence-electron chi connectivity index (χ3n) is 5.77. The van der Waals surface area contributed by atoms with Gasteiger partial charge in [-0.05, 0) is 75.0 Å². The van der Waals surface area contributed by atoms with Gasteiger partial charge in [0.15, 0.2) is 0 Å². The Morgan fingerprint density at radius 1 is 1.00 bits per heavy atom. The zero-order valence-corrected chi connectivity index (χ0v) is 10.6. The van der Waals surface area contributed by atoms with E-state index in [-0.39, 0.29) is 5.41 Å². The van der Waals surface area contributed by atoms with Crippen LogP contribution >= 0.6 is 0 Å². The van der Waals surface area contributed by atoms with Gasteiger partial charge in [-0.1, -0.05) is 0 Å². The van der Waals surface area contributed by atoms with Crippen LogP contribution in [0.1, 0.15) is 51.4 Å². The van der Waals surface area contributed by atoms with Crippen LogP contribution in [-0.4, -0.2) is 12.5 Å². The highest BCUT2D eigenvalue weighted by molar-refractivity contribution is 5.83. The number of carbonyl (C=O) groups is 1. The summed E-state index contributed by atoms with van der Waals surface area (Å²) < 4.78 is 0. The summed E-state index contributed by atoms with van der Waals surface area (Å²) in [6.07, 6.45) is 10.6. The predicted molar refractivity (Wildman–Crippen MR) is 66.3 cm³/mol. The van der Waals surface area contributed by atoms with Crippen molar-refractivity contribution >= 4 is 5.91 Å². The van der Waals surface area contributed by atoms with Crippen LogP contribution in [0.15, 0.2) is 0 Å². The van der Waals surface area contributed by atoms with Crippen LogP contribution in [0, 0.1) is 29.1 Å². The molecule has 1 N–H and O–H groups in total. The Bertz CT molecular complexity index is 310. The highest BCUT2D eigenvalue weighted by Gasteiger charge is 2.54. The smallest absolute Gasteiger partial charge is 0.226 e. The topological polar surface area (TPSA) is 29.1 Å². The highest BCUT2D eigenvalue weighted by Crippen LogP contribution is 2.60. The molecule has 2 heteroatoms. The molecule has 5 aliphatic rings. The molecule has 0 aromatic heterocycles. The van der Waals surface area contributed by atoms with Crippen molar-refractivity contribution in [2.75, 3.05) is 6.54 Å². The van der Waals surface area contributed by atoms with E-state index >= 15 is 0 Å². The molecule has 2 nitrogen and oxygen atoms in total. The maximum Gasteiger partial charge on any atom is 0.226 e. The number of carbonyl (C=O) groups excluding carboxylic acids is 1. The largest absolute Gasteiger partial charge is 0.355 e. The van der Waals surface area contributed by atoms with Crippen molar-refractivity contribution < 1.29 is 4.79 Å². The molecule has 0 spiro atoms. The quantitative estimate of drug-likeness (QED) is 0.798. The van der Waals surface area contributed by atoms with Crippen LogP contribution in [0.4, 0.5) is 0 Å². The first-order chi connectivity index (χ1) is 8.23. The normalized spacial score (nSPS) is 47.2. The predicted octanol–water partition coefficient (Wildman–Crippen LogP) is 2.73. The minimum absolute atomic E-state index is 0.0731. The van der Waals surface area contributed by atoms with Crippen molar-refractivity contribution in [2.45, 2.75) is 51.4 Å². The molecule has 0 atom stereocenters. The minimum atomic E-state index is 0.0731. The van der Waals surface area contributed by atoms with Crippen LogP contribution in [-0.2, 0) is 4.79 Å². The van der Waals surface area contributed by atoms with Gasteiger partial charge >= 0.3 is 0 Å². The van der Waals surface area contributed by atoms with Crippen molar-refractivity contribution in [3.63, 3.8) is 0 Å². The summed E-state index contributed by atoms with van der Waals surface area (Å²) in [5.41, 5.74) is 0.0731. The van der Waals surface area contributed by atoms with Gasteiger partial charge < -0.3 is 5.32 Å². The van der Waals surface area contributed by atoms with Crippen molar-refractivity contribution in [2.24, 2.45) is 29.1 Å². The van der Waals surface area contributed by atoms with Gasteiger partial charge in [0.05, 0.1) is 0 Å². The van der Waals surface area contributed by atoms with Gasteiger partial charge in [0.1, 0.15) is 0 Å². The second-order valence-electron chi connectivity index (χ2n) is 7.35. The van der Waals surface area contributed by atoms with Gasteiger partial charge in [-0.2, -0.15) is 0 Å². The molecule has 1 amide bonds. The monoisotopic (exact) mass is 233 g/mol. The van der Waals surface area contributed by atoms with E-state index in [0.717, 1.165) is 30.2 Å². The fourth-order valence-corrected chi connectivity index (χ4v) is 5.14. The zero-order valence-electron chi connectivity index (χ0n) is 10.6. The summed E-state index contributed by atoms with van der Waals surface area (Å²) >= 11 is 0. The van der Waals surface area contributed by atoms with Gasteiger partial charge in [0, 0.05) is 12.0 Å². The van der Waals surface area contributed by atoms with E-state index in [1.165, 1.54) is 51.4 Å². The van der Waals surface area contributed by atoms with Crippen LogP contribution in [0.5, 0.6) is 0 Å². The molecule has 0 saturated heterocycles. The van der Waals surface area contributed by atoms with E-state index in [4.69, 9.17) is 0 Å². The molecule has 0 aromatic carbocycles. The van der Waals surface area contributed by atoms with E-state index in [0.29, 0.717) is 5.91 Å². The Labute approximate surface area is 104 Å². The molecule has 5 rings (SSSR count). The summed E-state index contributed by atoms with van der Waals surface area (Å²) in [5.74, 6) is 3.88. The molecule has 17 heavy (non-hydrogen) atoms. The van der Waals surface area contributed by atoms with Gasteiger partial charge in [0.2, 0.25) is 5.91 Å².